The molecule has 3 atom stereocenters. The molecule has 6 rings (SSSR count). The fourth-order valence-corrected chi connectivity index (χ4v) is 5.46. The van der Waals surface area contributed by atoms with E-state index in [0.29, 0.717) is 5.19 Å². The molecule has 0 radical (unpaired) electrons. The largest absolute Gasteiger partial charge is 0.456 e. The highest BCUT2D eigenvalue weighted by Crippen LogP contribution is 2.40. The summed E-state index contributed by atoms with van der Waals surface area (Å²) < 4.78 is 12.6. The lowest BCUT2D eigenvalue weighted by molar-refractivity contribution is -0.132. The predicted octanol–water partition coefficient (Wildman–Crippen LogP) is 3.82. The third-order valence-electron chi connectivity index (χ3n) is 6.04. The topological polar surface area (TPSA) is 71.7 Å². The molecule has 0 N–H and O–H groups in total. The van der Waals surface area contributed by atoms with Gasteiger partial charge in [-0.2, -0.15) is 0 Å². The van der Waals surface area contributed by atoms with Crippen molar-refractivity contribution < 1.29 is 13.9 Å². The van der Waals surface area contributed by atoms with Gasteiger partial charge in [-0.15, -0.1) is 0 Å². The summed E-state index contributed by atoms with van der Waals surface area (Å²) in [6.45, 7) is 3.13. The van der Waals surface area contributed by atoms with Crippen LogP contribution in [0.2, 0.25) is 0 Å². The Labute approximate surface area is 176 Å². The SMILES string of the molecule is CC(=O)N1C[C@H]2C[C@H]1CN2C(Oc1nc2cccnc2s1)c1cc2ccccc2o1. The Morgan fingerprint density at radius 1 is 1.23 bits per heavy atom. The third kappa shape index (κ3) is 2.86. The van der Waals surface area contributed by atoms with Crippen LogP contribution >= 0.6 is 11.3 Å². The lowest BCUT2D eigenvalue weighted by atomic mass is 10.2. The van der Waals surface area contributed by atoms with Crippen molar-refractivity contribution in [2.45, 2.75) is 31.7 Å². The van der Waals surface area contributed by atoms with Crippen LogP contribution in [0.5, 0.6) is 5.19 Å². The molecule has 0 saturated carbocycles. The molecule has 1 amide bonds. The van der Waals surface area contributed by atoms with Gasteiger partial charge in [0.2, 0.25) is 12.1 Å². The third-order valence-corrected chi connectivity index (χ3v) is 6.91. The number of pyridine rings is 1. The second kappa shape index (κ2) is 6.78. The first kappa shape index (κ1) is 17.9. The van der Waals surface area contributed by atoms with Crippen LogP contribution in [-0.4, -0.2) is 50.8 Å². The van der Waals surface area contributed by atoms with Crippen molar-refractivity contribution >= 4 is 38.6 Å². The number of nitrogens with zero attached hydrogens (tertiary/aromatic N) is 4. The van der Waals surface area contributed by atoms with Gasteiger partial charge in [0.25, 0.3) is 5.19 Å². The number of thiazole rings is 1. The molecule has 30 heavy (non-hydrogen) atoms. The maximum Gasteiger partial charge on any atom is 0.277 e. The Bertz CT molecular complexity index is 1190. The summed E-state index contributed by atoms with van der Waals surface area (Å²) in [5.41, 5.74) is 1.66. The van der Waals surface area contributed by atoms with Gasteiger partial charge in [0.15, 0.2) is 5.76 Å². The number of para-hydroxylation sites is 1. The van der Waals surface area contributed by atoms with E-state index in [1.54, 1.807) is 13.1 Å². The van der Waals surface area contributed by atoms with Gasteiger partial charge in [0.05, 0.1) is 0 Å². The number of amides is 1. The highest BCUT2D eigenvalue weighted by molar-refractivity contribution is 7.19. The quantitative estimate of drug-likeness (QED) is 0.500. The Morgan fingerprint density at radius 3 is 2.90 bits per heavy atom. The van der Waals surface area contributed by atoms with Gasteiger partial charge in [-0.3, -0.25) is 9.69 Å². The van der Waals surface area contributed by atoms with Crippen molar-refractivity contribution in [2.75, 3.05) is 13.1 Å². The molecular weight excluding hydrogens is 400 g/mol. The van der Waals surface area contributed by atoms with Crippen LogP contribution in [0.4, 0.5) is 0 Å². The molecule has 8 heteroatoms. The zero-order chi connectivity index (χ0) is 20.2. The summed E-state index contributed by atoms with van der Waals surface area (Å²) in [6, 6.07) is 14.3. The number of furan rings is 1. The summed E-state index contributed by atoms with van der Waals surface area (Å²) in [7, 11) is 0. The van der Waals surface area contributed by atoms with E-state index in [1.807, 2.05) is 47.4 Å². The van der Waals surface area contributed by atoms with Crippen molar-refractivity contribution in [1.82, 2.24) is 19.8 Å². The summed E-state index contributed by atoms with van der Waals surface area (Å²) in [4.78, 5) is 26.0. The molecule has 1 unspecified atom stereocenters. The van der Waals surface area contributed by atoms with Gasteiger partial charge < -0.3 is 14.1 Å². The number of hydrogen-bond donors (Lipinski definition) is 0. The number of ether oxygens (including phenoxy) is 1. The highest BCUT2D eigenvalue weighted by atomic mass is 32.1. The number of rotatable bonds is 4. The molecule has 2 aliphatic rings. The monoisotopic (exact) mass is 420 g/mol. The summed E-state index contributed by atoms with van der Waals surface area (Å²) >= 11 is 1.43. The molecule has 5 heterocycles. The molecule has 2 saturated heterocycles. The van der Waals surface area contributed by atoms with Crippen molar-refractivity contribution in [3.05, 3.63) is 54.4 Å². The van der Waals surface area contributed by atoms with Gasteiger partial charge in [-0.25, -0.2) is 9.97 Å². The zero-order valence-corrected chi connectivity index (χ0v) is 17.2. The van der Waals surface area contributed by atoms with E-state index in [1.165, 1.54) is 11.3 Å². The molecule has 2 aliphatic heterocycles. The highest BCUT2D eigenvalue weighted by Gasteiger charge is 2.48. The number of benzene rings is 1. The van der Waals surface area contributed by atoms with E-state index < -0.39 is 6.23 Å². The van der Waals surface area contributed by atoms with Crippen LogP contribution in [0, 0.1) is 0 Å². The first-order valence-electron chi connectivity index (χ1n) is 10.1. The van der Waals surface area contributed by atoms with Gasteiger partial charge in [-0.1, -0.05) is 29.5 Å². The minimum absolute atomic E-state index is 0.139. The maximum atomic E-state index is 11.9. The van der Waals surface area contributed by atoms with Crippen LogP contribution in [0.3, 0.4) is 0 Å². The number of aromatic nitrogens is 2. The number of fused-ring (bicyclic) bond motifs is 4. The normalized spacial score (nSPS) is 22.2. The summed E-state index contributed by atoms with van der Waals surface area (Å²) in [5.74, 6) is 0.894. The van der Waals surface area contributed by atoms with Crippen molar-refractivity contribution in [3.63, 3.8) is 0 Å². The second-order valence-electron chi connectivity index (χ2n) is 7.88. The Hall–Kier alpha value is -2.97. The first-order valence-corrected chi connectivity index (χ1v) is 10.9. The van der Waals surface area contributed by atoms with Crippen LogP contribution < -0.4 is 4.74 Å². The number of piperazine rings is 1. The van der Waals surface area contributed by atoms with E-state index in [4.69, 9.17) is 9.15 Å². The minimum atomic E-state index is -0.401. The Balaban J connectivity index is 1.37. The molecule has 2 fully saturated rings. The van der Waals surface area contributed by atoms with E-state index in [-0.39, 0.29) is 18.0 Å². The van der Waals surface area contributed by atoms with E-state index in [2.05, 4.69) is 14.9 Å². The second-order valence-corrected chi connectivity index (χ2v) is 8.82. The fraction of sp³-hybridized carbons (Fsp3) is 0.318. The summed E-state index contributed by atoms with van der Waals surface area (Å²) in [5, 5.41) is 1.61. The van der Waals surface area contributed by atoms with E-state index >= 15 is 0 Å². The van der Waals surface area contributed by atoms with Crippen LogP contribution in [0.1, 0.15) is 25.3 Å². The average Bonchev–Trinajstić information content (AvgIpc) is 3.52. The smallest absolute Gasteiger partial charge is 0.277 e. The Kier molecular flexibility index (Phi) is 4.04. The molecule has 2 bridgehead atoms. The van der Waals surface area contributed by atoms with E-state index in [9.17, 15) is 4.79 Å². The standard InChI is InChI=1S/C22H20N4O3S/c1-13(27)25-11-16-10-15(25)12-26(16)21(19-9-14-5-2-3-7-18(14)28-19)29-22-24-17-6-4-8-23-20(17)30-22/h2-9,15-16,21H,10-12H2,1H3/t15-,16+,21?/m0/s1. The maximum absolute atomic E-state index is 11.9. The van der Waals surface area contributed by atoms with Gasteiger partial charge >= 0.3 is 0 Å². The molecule has 4 aromatic rings. The number of carbonyl (C=O) groups is 1. The molecule has 3 aromatic heterocycles. The number of carbonyl (C=O) groups excluding carboxylic acids is 1. The lowest BCUT2D eigenvalue weighted by Crippen LogP contribution is -2.50. The van der Waals surface area contributed by atoms with Crippen molar-refractivity contribution in [2.24, 2.45) is 0 Å². The average molecular weight is 420 g/mol. The first-order chi connectivity index (χ1) is 14.7. The molecule has 0 aliphatic carbocycles. The fourth-order valence-electron chi connectivity index (χ4n) is 4.68. The van der Waals surface area contributed by atoms with Gasteiger partial charge in [0.1, 0.15) is 15.9 Å². The Morgan fingerprint density at radius 2 is 2.13 bits per heavy atom. The van der Waals surface area contributed by atoms with Gasteiger partial charge in [-0.05, 0) is 30.7 Å². The molecule has 1 aromatic carbocycles. The number of hydrogen-bond acceptors (Lipinski definition) is 7. The molecular formula is C22H20N4O3S. The minimum Gasteiger partial charge on any atom is -0.456 e. The summed E-state index contributed by atoms with van der Waals surface area (Å²) in [6.07, 6.45) is 2.32. The molecule has 152 valence electrons. The predicted molar refractivity (Wildman–Crippen MR) is 113 cm³/mol. The van der Waals surface area contributed by atoms with Crippen LogP contribution in [-0.2, 0) is 4.79 Å². The molecule has 7 nitrogen and oxygen atoms in total. The van der Waals surface area contributed by atoms with Crippen LogP contribution in [0.25, 0.3) is 21.3 Å². The van der Waals surface area contributed by atoms with Crippen molar-refractivity contribution in [1.29, 1.82) is 0 Å². The van der Waals surface area contributed by atoms with E-state index in [0.717, 1.165) is 46.6 Å². The van der Waals surface area contributed by atoms with Crippen molar-refractivity contribution in [3.8, 4) is 5.19 Å². The molecule has 0 spiro atoms. The van der Waals surface area contributed by atoms with Crippen LogP contribution in [0.15, 0.2) is 53.1 Å². The van der Waals surface area contributed by atoms with Gasteiger partial charge in [0, 0.05) is 43.7 Å². The number of likely N-dealkylation sites (tertiary alicyclic amines) is 2. The zero-order valence-electron chi connectivity index (χ0n) is 16.4. The lowest BCUT2D eigenvalue weighted by Gasteiger charge is -2.37.